The number of anilines is 1. The maximum absolute atomic E-state index is 12.8. The number of benzene rings is 1. The first kappa shape index (κ1) is 17.8. The van der Waals surface area contributed by atoms with Crippen molar-refractivity contribution < 1.29 is 9.59 Å². The van der Waals surface area contributed by atoms with Crippen LogP contribution in [-0.4, -0.2) is 52.4 Å². The predicted molar refractivity (Wildman–Crippen MR) is 99.8 cm³/mol. The largest absolute Gasteiger partial charge is 0.370 e. The van der Waals surface area contributed by atoms with Gasteiger partial charge >= 0.3 is 0 Å². The van der Waals surface area contributed by atoms with Crippen LogP contribution in [0.1, 0.15) is 30.6 Å². The van der Waals surface area contributed by atoms with Gasteiger partial charge in [-0.1, -0.05) is 12.1 Å². The van der Waals surface area contributed by atoms with Gasteiger partial charge in [-0.25, -0.2) is 9.97 Å². The minimum atomic E-state index is -0.0668. The lowest BCUT2D eigenvalue weighted by Crippen LogP contribution is -2.41. The van der Waals surface area contributed by atoms with E-state index < -0.39 is 0 Å². The summed E-state index contributed by atoms with van der Waals surface area (Å²) in [5.41, 5.74) is 1.44. The van der Waals surface area contributed by atoms with Crippen molar-refractivity contribution in [2.75, 3.05) is 25.0 Å². The first-order chi connectivity index (χ1) is 12.6. The molecule has 1 aromatic heterocycles. The highest BCUT2D eigenvalue weighted by Gasteiger charge is 2.25. The summed E-state index contributed by atoms with van der Waals surface area (Å²) in [6, 6.07) is 9.06. The third-order valence-electron chi connectivity index (χ3n) is 4.37. The maximum atomic E-state index is 12.8. The normalized spacial score (nSPS) is 17.4. The number of amides is 2. The van der Waals surface area contributed by atoms with Crippen molar-refractivity contribution in [3.63, 3.8) is 0 Å². The van der Waals surface area contributed by atoms with Crippen molar-refractivity contribution in [1.29, 1.82) is 0 Å². The molecule has 1 aliphatic heterocycles. The first-order valence-corrected chi connectivity index (χ1v) is 8.83. The van der Waals surface area contributed by atoms with E-state index in [4.69, 9.17) is 0 Å². The van der Waals surface area contributed by atoms with E-state index in [0.29, 0.717) is 30.9 Å². The second-order valence-corrected chi connectivity index (χ2v) is 6.27. The molecule has 0 spiro atoms. The zero-order valence-corrected chi connectivity index (χ0v) is 15.0. The van der Waals surface area contributed by atoms with Gasteiger partial charge in [0.25, 0.3) is 5.91 Å². The van der Waals surface area contributed by atoms with Crippen LogP contribution in [0.25, 0.3) is 11.4 Å². The molecule has 26 heavy (non-hydrogen) atoms. The Morgan fingerprint density at radius 2 is 2.08 bits per heavy atom. The highest BCUT2D eigenvalue weighted by molar-refractivity contribution is 5.95. The summed E-state index contributed by atoms with van der Waals surface area (Å²) < 4.78 is 0. The molecule has 136 valence electrons. The van der Waals surface area contributed by atoms with Gasteiger partial charge in [-0.3, -0.25) is 9.59 Å². The molecule has 0 radical (unpaired) electrons. The fourth-order valence-corrected chi connectivity index (χ4v) is 2.91. The van der Waals surface area contributed by atoms with E-state index >= 15 is 0 Å². The molecule has 0 bridgehead atoms. The van der Waals surface area contributed by atoms with Gasteiger partial charge in [0.15, 0.2) is 5.82 Å². The van der Waals surface area contributed by atoms with Crippen molar-refractivity contribution in [2.45, 2.75) is 26.3 Å². The van der Waals surface area contributed by atoms with E-state index in [-0.39, 0.29) is 17.9 Å². The molecule has 0 saturated carbocycles. The van der Waals surface area contributed by atoms with E-state index in [1.54, 1.807) is 23.2 Å². The molecular formula is C19H23N5O2. The molecule has 7 nitrogen and oxygen atoms in total. The fourth-order valence-electron chi connectivity index (χ4n) is 2.91. The Balaban J connectivity index is 1.77. The zero-order chi connectivity index (χ0) is 18.5. The van der Waals surface area contributed by atoms with Crippen LogP contribution in [0.15, 0.2) is 36.5 Å². The summed E-state index contributed by atoms with van der Waals surface area (Å²) in [5.74, 6) is 1.30. The van der Waals surface area contributed by atoms with Gasteiger partial charge in [0.1, 0.15) is 5.82 Å². The fraction of sp³-hybridized carbons (Fsp3) is 0.368. The molecule has 1 unspecified atom stereocenters. The Bertz CT molecular complexity index is 791. The van der Waals surface area contributed by atoms with E-state index in [9.17, 15) is 9.59 Å². The lowest BCUT2D eigenvalue weighted by Gasteiger charge is -2.26. The molecule has 1 aromatic carbocycles. The van der Waals surface area contributed by atoms with Crippen LogP contribution in [0, 0.1) is 0 Å². The highest BCUT2D eigenvalue weighted by Crippen LogP contribution is 2.19. The molecule has 0 aliphatic carbocycles. The summed E-state index contributed by atoms with van der Waals surface area (Å²) in [6.07, 6.45) is 2.04. The summed E-state index contributed by atoms with van der Waals surface area (Å²) >= 11 is 0. The minimum Gasteiger partial charge on any atom is -0.370 e. The smallest absolute Gasteiger partial charge is 0.254 e. The van der Waals surface area contributed by atoms with Gasteiger partial charge in [0, 0.05) is 49.4 Å². The zero-order valence-electron chi connectivity index (χ0n) is 15.0. The molecule has 2 heterocycles. The van der Waals surface area contributed by atoms with Crippen LogP contribution < -0.4 is 10.6 Å². The van der Waals surface area contributed by atoms with Gasteiger partial charge in [-0.2, -0.15) is 0 Å². The molecule has 2 N–H and O–H groups in total. The Labute approximate surface area is 152 Å². The van der Waals surface area contributed by atoms with Gasteiger partial charge < -0.3 is 15.5 Å². The van der Waals surface area contributed by atoms with Crippen molar-refractivity contribution in [1.82, 2.24) is 20.2 Å². The van der Waals surface area contributed by atoms with Gasteiger partial charge in [-0.05, 0) is 32.0 Å². The number of hydrogen-bond acceptors (Lipinski definition) is 5. The number of rotatable bonds is 4. The van der Waals surface area contributed by atoms with Gasteiger partial charge in [0.2, 0.25) is 5.91 Å². The Kier molecular flexibility index (Phi) is 5.46. The average Bonchev–Trinajstić information content (AvgIpc) is 2.83. The summed E-state index contributed by atoms with van der Waals surface area (Å²) in [4.78, 5) is 34.9. The number of nitrogens with zero attached hydrogens (tertiary/aromatic N) is 3. The number of carbonyl (C=O) groups excluding carboxylic acids is 2. The second-order valence-electron chi connectivity index (χ2n) is 6.27. The Morgan fingerprint density at radius 3 is 2.81 bits per heavy atom. The molecular weight excluding hydrogens is 330 g/mol. The maximum Gasteiger partial charge on any atom is 0.254 e. The average molecular weight is 353 g/mol. The van der Waals surface area contributed by atoms with Crippen molar-refractivity contribution in [3.8, 4) is 11.4 Å². The molecule has 1 aliphatic rings. The van der Waals surface area contributed by atoms with Crippen LogP contribution in [0.2, 0.25) is 0 Å². The topological polar surface area (TPSA) is 87.2 Å². The number of hydrogen-bond donors (Lipinski definition) is 2. The summed E-state index contributed by atoms with van der Waals surface area (Å²) in [7, 11) is 0. The molecule has 2 amide bonds. The lowest BCUT2D eigenvalue weighted by atomic mass is 10.1. The molecule has 1 atom stereocenters. The van der Waals surface area contributed by atoms with Crippen LogP contribution >= 0.6 is 0 Å². The second kappa shape index (κ2) is 7.95. The molecule has 2 aromatic rings. The number of nitrogens with one attached hydrogen (secondary N) is 2. The number of carbonyl (C=O) groups is 2. The molecule has 1 saturated heterocycles. The summed E-state index contributed by atoms with van der Waals surface area (Å²) in [5, 5.41) is 5.98. The lowest BCUT2D eigenvalue weighted by molar-refractivity contribution is -0.120. The SMILES string of the molecule is CCNc1ccnc(-c2ccc(C(=O)N3CCC(=O)NCC3C)cc2)n1. The standard InChI is InChI=1S/C19H23N5O2/c1-3-20-16-8-10-21-18(23-16)14-4-6-15(7-5-14)19(26)24-11-9-17(25)22-12-13(24)2/h4-8,10,13H,3,9,11-12H2,1-2H3,(H,22,25)(H,20,21,23). The highest BCUT2D eigenvalue weighted by atomic mass is 16.2. The Hall–Kier alpha value is -2.96. The minimum absolute atomic E-state index is 0.0137. The van der Waals surface area contributed by atoms with Crippen molar-refractivity contribution in [2.24, 2.45) is 0 Å². The molecule has 3 rings (SSSR count). The van der Waals surface area contributed by atoms with Gasteiger partial charge in [0.05, 0.1) is 0 Å². The third kappa shape index (κ3) is 3.99. The van der Waals surface area contributed by atoms with Gasteiger partial charge in [-0.15, -0.1) is 0 Å². The summed E-state index contributed by atoms with van der Waals surface area (Å²) in [6.45, 7) is 5.65. The van der Waals surface area contributed by atoms with Crippen molar-refractivity contribution >= 4 is 17.6 Å². The van der Waals surface area contributed by atoms with E-state index in [1.807, 2.05) is 32.0 Å². The molecule has 7 heteroatoms. The first-order valence-electron chi connectivity index (χ1n) is 8.83. The Morgan fingerprint density at radius 1 is 1.31 bits per heavy atom. The van der Waals surface area contributed by atoms with E-state index in [1.165, 1.54) is 0 Å². The van der Waals surface area contributed by atoms with Crippen LogP contribution in [0.4, 0.5) is 5.82 Å². The monoisotopic (exact) mass is 353 g/mol. The number of aromatic nitrogens is 2. The molecule has 1 fully saturated rings. The van der Waals surface area contributed by atoms with Crippen LogP contribution in [0.5, 0.6) is 0 Å². The quantitative estimate of drug-likeness (QED) is 0.877. The third-order valence-corrected chi connectivity index (χ3v) is 4.37. The van der Waals surface area contributed by atoms with Crippen LogP contribution in [0.3, 0.4) is 0 Å². The van der Waals surface area contributed by atoms with Crippen molar-refractivity contribution in [3.05, 3.63) is 42.1 Å². The van der Waals surface area contributed by atoms with Crippen LogP contribution in [-0.2, 0) is 4.79 Å². The van der Waals surface area contributed by atoms with E-state index in [2.05, 4.69) is 20.6 Å². The predicted octanol–water partition coefficient (Wildman–Crippen LogP) is 1.93. The van der Waals surface area contributed by atoms with E-state index in [0.717, 1.165) is 17.9 Å².